The fourth-order valence-corrected chi connectivity index (χ4v) is 14.0. The van der Waals surface area contributed by atoms with Crippen LogP contribution >= 0.6 is 15.6 Å². The molecule has 6 atom stereocenters. The summed E-state index contributed by atoms with van der Waals surface area (Å²) in [6.45, 7) is 7.32. The van der Waals surface area contributed by atoms with E-state index in [-0.39, 0.29) is 25.7 Å². The smallest absolute Gasteiger partial charge is 0.462 e. The quantitative estimate of drug-likeness (QED) is 0.0222. The molecule has 0 aliphatic carbocycles. The summed E-state index contributed by atoms with van der Waals surface area (Å²) in [5.74, 6) is -1.34. The van der Waals surface area contributed by atoms with Crippen molar-refractivity contribution in [2.24, 2.45) is 5.92 Å². The number of hydrogen-bond donors (Lipinski definition) is 3. The minimum Gasteiger partial charge on any atom is -0.462 e. The molecule has 0 amide bonds. The van der Waals surface area contributed by atoms with Crippen LogP contribution in [0.15, 0.2) is 0 Å². The van der Waals surface area contributed by atoms with Crippen molar-refractivity contribution < 1.29 is 80.2 Å². The van der Waals surface area contributed by atoms with Crippen molar-refractivity contribution in [2.75, 3.05) is 39.6 Å². The molecule has 99 heavy (non-hydrogen) atoms. The number of rotatable bonds is 80. The van der Waals surface area contributed by atoms with E-state index in [4.69, 9.17) is 37.0 Å². The van der Waals surface area contributed by atoms with Crippen LogP contribution in [0.5, 0.6) is 0 Å². The predicted octanol–water partition coefficient (Wildman–Crippen LogP) is 24.0. The Morgan fingerprint density at radius 3 is 0.717 bits per heavy atom. The molecule has 0 bridgehead atoms. The van der Waals surface area contributed by atoms with Crippen LogP contribution in [-0.2, 0) is 65.4 Å². The Kier molecular flexibility index (Phi) is 71.6. The van der Waals surface area contributed by atoms with E-state index in [0.29, 0.717) is 25.7 Å². The van der Waals surface area contributed by atoms with Gasteiger partial charge in [-0.2, -0.15) is 0 Å². The van der Waals surface area contributed by atoms with Crippen molar-refractivity contribution in [3.05, 3.63) is 0 Å². The summed E-state index contributed by atoms with van der Waals surface area (Å²) in [6, 6.07) is 0. The molecule has 3 N–H and O–H groups in total. The van der Waals surface area contributed by atoms with Gasteiger partial charge in [0.2, 0.25) is 0 Å². The average Bonchev–Trinajstić information content (AvgIpc) is 1.72. The number of esters is 4. The van der Waals surface area contributed by atoms with Crippen LogP contribution in [0.4, 0.5) is 0 Å². The molecule has 0 rings (SSSR count). The molecule has 0 aliphatic rings. The SMILES string of the molecule is CCCCCCCCCCCCCCCCCCCCC(=O)OC[C@H](COP(=O)(O)OC[C@@H](O)COP(=O)(O)OC[C@@H](COC(=O)CCCCCCCCCCCCC)OC(=O)CCCCCCCCCCC(C)CC)OC(=O)CCCCCCCCCCCCCCCCCCCC. The first-order valence-corrected chi connectivity index (χ1v) is 44.7. The Bertz CT molecular complexity index is 1890. The summed E-state index contributed by atoms with van der Waals surface area (Å²) in [5.41, 5.74) is 0. The maximum atomic E-state index is 13.1. The lowest BCUT2D eigenvalue weighted by Gasteiger charge is -2.21. The largest absolute Gasteiger partial charge is 0.472 e. The van der Waals surface area contributed by atoms with Crippen LogP contribution in [0.3, 0.4) is 0 Å². The Morgan fingerprint density at radius 2 is 0.485 bits per heavy atom. The van der Waals surface area contributed by atoms with Crippen LogP contribution < -0.4 is 0 Å². The lowest BCUT2D eigenvalue weighted by Crippen LogP contribution is -2.30. The van der Waals surface area contributed by atoms with E-state index in [0.717, 1.165) is 95.8 Å². The molecule has 19 heteroatoms. The molecule has 0 aromatic carbocycles. The lowest BCUT2D eigenvalue weighted by molar-refractivity contribution is -0.161. The van der Waals surface area contributed by atoms with Gasteiger partial charge in [0, 0.05) is 25.7 Å². The van der Waals surface area contributed by atoms with Crippen molar-refractivity contribution in [3.8, 4) is 0 Å². The molecule has 3 unspecified atom stereocenters. The van der Waals surface area contributed by atoms with Crippen molar-refractivity contribution in [1.29, 1.82) is 0 Å². The number of carbonyl (C=O) groups excluding carboxylic acids is 4. The third-order valence-electron chi connectivity index (χ3n) is 19.1. The standard InChI is InChI=1S/C80H156O17P2/c1-6-10-13-16-19-22-25-27-29-31-33-35-37-40-43-49-54-59-64-78(83)91-69-75(96-79(84)65-60-55-50-44-41-38-36-34-32-30-28-26-23-20-17-14-11-7-2)71-94-98(86,87)92-67-74(81)68-93-99(88,89)95-72-76(70-90-77(82)63-58-53-48-42-39-24-21-18-15-12-8-3)97-80(85)66-61-56-51-46-45-47-52-57-62-73(5)9-4/h73-76,81H,6-72H2,1-5H3,(H,86,87)(H,88,89)/t73?,74-,75-,76-/m1/s1. The van der Waals surface area contributed by atoms with E-state index in [2.05, 4.69) is 34.6 Å². The molecule has 0 saturated carbocycles. The number of unbranched alkanes of at least 4 members (excludes halogenated alkanes) is 51. The van der Waals surface area contributed by atoms with Crippen molar-refractivity contribution in [3.63, 3.8) is 0 Å². The highest BCUT2D eigenvalue weighted by Gasteiger charge is 2.30. The van der Waals surface area contributed by atoms with Gasteiger partial charge in [0.1, 0.15) is 19.3 Å². The van der Waals surface area contributed by atoms with E-state index < -0.39 is 97.5 Å². The van der Waals surface area contributed by atoms with E-state index in [1.807, 2.05) is 0 Å². The molecule has 0 fully saturated rings. The molecule has 17 nitrogen and oxygen atoms in total. The zero-order chi connectivity index (χ0) is 72.7. The number of phosphoric ester groups is 2. The minimum absolute atomic E-state index is 0.106. The second kappa shape index (κ2) is 73.0. The molecule has 0 aliphatic heterocycles. The molecular weight excluding hydrogens is 1290 g/mol. The van der Waals surface area contributed by atoms with Gasteiger partial charge in [-0.1, -0.05) is 375 Å². The molecule has 588 valence electrons. The molecule has 0 aromatic heterocycles. The highest BCUT2D eigenvalue weighted by Crippen LogP contribution is 2.45. The van der Waals surface area contributed by atoms with Gasteiger partial charge in [-0.15, -0.1) is 0 Å². The van der Waals surface area contributed by atoms with Crippen LogP contribution in [0.1, 0.15) is 426 Å². The first-order chi connectivity index (χ1) is 48.1. The van der Waals surface area contributed by atoms with Crippen molar-refractivity contribution in [1.82, 2.24) is 0 Å². The number of phosphoric acid groups is 2. The van der Waals surface area contributed by atoms with E-state index >= 15 is 0 Å². The fraction of sp³-hybridized carbons (Fsp3) is 0.950. The highest BCUT2D eigenvalue weighted by atomic mass is 31.2. The summed E-state index contributed by atoms with van der Waals surface area (Å²) in [6.07, 6.45) is 63.8. The molecule has 0 radical (unpaired) electrons. The fourth-order valence-electron chi connectivity index (χ4n) is 12.4. The predicted molar refractivity (Wildman–Crippen MR) is 405 cm³/mol. The van der Waals surface area contributed by atoms with Crippen LogP contribution in [-0.4, -0.2) is 96.7 Å². The summed E-state index contributed by atoms with van der Waals surface area (Å²) in [7, 11) is -9.92. The van der Waals surface area contributed by atoms with Gasteiger partial charge in [-0.25, -0.2) is 9.13 Å². The lowest BCUT2D eigenvalue weighted by atomic mass is 9.99. The normalized spacial score (nSPS) is 14.1. The minimum atomic E-state index is -4.96. The van der Waals surface area contributed by atoms with Crippen molar-refractivity contribution in [2.45, 2.75) is 445 Å². The maximum absolute atomic E-state index is 13.1. The monoisotopic (exact) mass is 1450 g/mol. The number of hydrogen-bond acceptors (Lipinski definition) is 15. The van der Waals surface area contributed by atoms with Gasteiger partial charge in [0.05, 0.1) is 26.4 Å². The van der Waals surface area contributed by atoms with Gasteiger partial charge in [-0.3, -0.25) is 37.3 Å². The highest BCUT2D eigenvalue weighted by molar-refractivity contribution is 7.47. The van der Waals surface area contributed by atoms with Gasteiger partial charge in [0.15, 0.2) is 12.2 Å². The Labute approximate surface area is 607 Å². The second-order valence-corrected chi connectivity index (χ2v) is 32.0. The first kappa shape index (κ1) is 97.1. The summed E-state index contributed by atoms with van der Waals surface area (Å²) < 4.78 is 68.7. The zero-order valence-electron chi connectivity index (χ0n) is 64.6. The zero-order valence-corrected chi connectivity index (χ0v) is 66.4. The van der Waals surface area contributed by atoms with Crippen LogP contribution in [0.2, 0.25) is 0 Å². The first-order valence-electron chi connectivity index (χ1n) is 41.7. The van der Waals surface area contributed by atoms with Crippen LogP contribution in [0, 0.1) is 5.92 Å². The summed E-state index contributed by atoms with van der Waals surface area (Å²) >= 11 is 0. The summed E-state index contributed by atoms with van der Waals surface area (Å²) in [4.78, 5) is 73.0. The third-order valence-corrected chi connectivity index (χ3v) is 21.0. The van der Waals surface area contributed by atoms with E-state index in [9.17, 15) is 43.2 Å². The summed E-state index contributed by atoms with van der Waals surface area (Å²) in [5, 5.41) is 10.6. The Balaban J connectivity index is 5.24. The molecular formula is C80H156O17P2. The Hall–Kier alpha value is -1.94. The average molecular weight is 1450 g/mol. The van der Waals surface area contributed by atoms with Gasteiger partial charge in [-0.05, 0) is 31.6 Å². The number of carbonyl (C=O) groups is 4. The molecule has 0 heterocycles. The van der Waals surface area contributed by atoms with Gasteiger partial charge < -0.3 is 33.8 Å². The topological polar surface area (TPSA) is 237 Å². The Morgan fingerprint density at radius 1 is 0.283 bits per heavy atom. The number of aliphatic hydroxyl groups is 1. The molecule has 0 saturated heterocycles. The molecule has 0 spiro atoms. The number of aliphatic hydroxyl groups excluding tert-OH is 1. The second-order valence-electron chi connectivity index (χ2n) is 29.1. The third kappa shape index (κ3) is 72.8. The number of ether oxygens (including phenoxy) is 4. The van der Waals surface area contributed by atoms with Gasteiger partial charge in [0.25, 0.3) is 0 Å². The maximum Gasteiger partial charge on any atom is 0.472 e. The van der Waals surface area contributed by atoms with Gasteiger partial charge >= 0.3 is 39.5 Å². The van der Waals surface area contributed by atoms with Crippen LogP contribution in [0.25, 0.3) is 0 Å². The van der Waals surface area contributed by atoms with E-state index in [1.54, 1.807) is 0 Å². The molecule has 0 aromatic rings. The van der Waals surface area contributed by atoms with Crippen molar-refractivity contribution >= 4 is 39.5 Å². The van der Waals surface area contributed by atoms with E-state index in [1.165, 1.54) is 250 Å².